The van der Waals surface area contributed by atoms with E-state index in [4.69, 9.17) is 5.73 Å². The second kappa shape index (κ2) is 7.37. The third kappa shape index (κ3) is 4.79. The third-order valence-corrected chi connectivity index (χ3v) is 4.18. The highest BCUT2D eigenvalue weighted by Gasteiger charge is 2.46. The molecule has 0 aliphatic heterocycles. The highest BCUT2D eigenvalue weighted by Crippen LogP contribution is 2.43. The van der Waals surface area contributed by atoms with Gasteiger partial charge in [0.05, 0.1) is 5.92 Å². The van der Waals surface area contributed by atoms with Crippen LogP contribution in [0.2, 0.25) is 0 Å². The Balaban J connectivity index is 2.44. The number of hydrogen-bond donors (Lipinski definition) is 1. The van der Waals surface area contributed by atoms with E-state index in [1.54, 1.807) is 0 Å². The molecular formula is C14H26F3N. The molecule has 1 saturated carbocycles. The second-order valence-corrected chi connectivity index (χ2v) is 5.61. The van der Waals surface area contributed by atoms with Crippen molar-refractivity contribution < 1.29 is 13.2 Å². The first kappa shape index (κ1) is 15.8. The van der Waals surface area contributed by atoms with E-state index < -0.39 is 12.1 Å². The Bertz CT molecular complexity index is 228. The summed E-state index contributed by atoms with van der Waals surface area (Å²) in [5, 5.41) is 0. The van der Waals surface area contributed by atoms with E-state index in [9.17, 15) is 13.2 Å². The smallest absolute Gasteiger partial charge is 0.327 e. The molecule has 4 heteroatoms. The summed E-state index contributed by atoms with van der Waals surface area (Å²) < 4.78 is 38.8. The van der Waals surface area contributed by atoms with Gasteiger partial charge in [0.25, 0.3) is 0 Å². The fourth-order valence-corrected chi connectivity index (χ4v) is 3.10. The maximum atomic E-state index is 12.9. The summed E-state index contributed by atoms with van der Waals surface area (Å²) in [5.74, 6) is -1.51. The van der Waals surface area contributed by atoms with Gasteiger partial charge in [-0.15, -0.1) is 0 Å². The molecule has 0 aromatic carbocycles. The molecule has 0 aromatic rings. The van der Waals surface area contributed by atoms with Gasteiger partial charge < -0.3 is 5.73 Å². The Morgan fingerprint density at radius 1 is 1.11 bits per heavy atom. The van der Waals surface area contributed by atoms with E-state index in [2.05, 4.69) is 6.92 Å². The van der Waals surface area contributed by atoms with E-state index in [1.165, 1.54) is 0 Å². The standard InChI is InChI=1S/C14H26F3N/c1-2-3-4-5-10-13(18)11-8-6-7-9-12(11)14(15,16)17/h11-13H,2-10,18H2,1H3. The molecule has 0 radical (unpaired) electrons. The second-order valence-electron chi connectivity index (χ2n) is 5.61. The van der Waals surface area contributed by atoms with E-state index >= 15 is 0 Å². The highest BCUT2D eigenvalue weighted by molar-refractivity contribution is 4.86. The summed E-state index contributed by atoms with van der Waals surface area (Å²) in [7, 11) is 0. The van der Waals surface area contributed by atoms with Gasteiger partial charge in [-0.25, -0.2) is 0 Å². The number of rotatable bonds is 6. The van der Waals surface area contributed by atoms with Crippen molar-refractivity contribution in [1.82, 2.24) is 0 Å². The van der Waals surface area contributed by atoms with Gasteiger partial charge >= 0.3 is 6.18 Å². The zero-order chi connectivity index (χ0) is 13.6. The van der Waals surface area contributed by atoms with Crippen LogP contribution in [0.3, 0.4) is 0 Å². The number of unbranched alkanes of at least 4 members (excludes halogenated alkanes) is 3. The largest absolute Gasteiger partial charge is 0.392 e. The van der Waals surface area contributed by atoms with Crippen molar-refractivity contribution in [2.75, 3.05) is 0 Å². The molecule has 0 spiro atoms. The van der Waals surface area contributed by atoms with Gasteiger partial charge in [-0.05, 0) is 25.2 Å². The minimum absolute atomic E-state index is 0.270. The van der Waals surface area contributed by atoms with E-state index in [-0.39, 0.29) is 18.4 Å². The minimum Gasteiger partial charge on any atom is -0.327 e. The lowest BCUT2D eigenvalue weighted by Gasteiger charge is -2.36. The van der Waals surface area contributed by atoms with Gasteiger partial charge in [-0.1, -0.05) is 45.4 Å². The monoisotopic (exact) mass is 265 g/mol. The van der Waals surface area contributed by atoms with Crippen molar-refractivity contribution in [2.24, 2.45) is 17.6 Å². The van der Waals surface area contributed by atoms with Crippen molar-refractivity contribution in [1.29, 1.82) is 0 Å². The van der Waals surface area contributed by atoms with Gasteiger partial charge in [-0.3, -0.25) is 0 Å². The molecule has 1 aliphatic rings. The summed E-state index contributed by atoms with van der Waals surface area (Å²) in [6.45, 7) is 2.13. The number of halogens is 3. The fourth-order valence-electron chi connectivity index (χ4n) is 3.10. The van der Waals surface area contributed by atoms with Gasteiger partial charge in [-0.2, -0.15) is 13.2 Å². The van der Waals surface area contributed by atoms with Crippen molar-refractivity contribution in [3.8, 4) is 0 Å². The molecule has 0 amide bonds. The first-order valence-electron chi connectivity index (χ1n) is 7.29. The van der Waals surface area contributed by atoms with Crippen molar-refractivity contribution in [3.63, 3.8) is 0 Å². The molecule has 1 nitrogen and oxygen atoms in total. The number of hydrogen-bond acceptors (Lipinski definition) is 1. The Hall–Kier alpha value is -0.250. The van der Waals surface area contributed by atoms with Gasteiger partial charge in [0, 0.05) is 6.04 Å². The van der Waals surface area contributed by atoms with Crippen LogP contribution in [-0.4, -0.2) is 12.2 Å². The topological polar surface area (TPSA) is 26.0 Å². The molecule has 0 saturated heterocycles. The molecule has 2 N–H and O–H groups in total. The summed E-state index contributed by atoms with van der Waals surface area (Å²) in [6, 6.07) is -0.270. The zero-order valence-electron chi connectivity index (χ0n) is 11.3. The van der Waals surface area contributed by atoms with Crippen molar-refractivity contribution in [2.45, 2.75) is 76.9 Å². The summed E-state index contributed by atoms with van der Waals surface area (Å²) >= 11 is 0. The maximum absolute atomic E-state index is 12.9. The molecule has 0 bridgehead atoms. The average Bonchev–Trinajstić information content (AvgIpc) is 2.33. The molecule has 3 unspecified atom stereocenters. The van der Waals surface area contributed by atoms with Crippen LogP contribution >= 0.6 is 0 Å². The van der Waals surface area contributed by atoms with Crippen LogP contribution in [0.4, 0.5) is 13.2 Å². The predicted octanol–water partition coefficient (Wildman–Crippen LogP) is 4.65. The quantitative estimate of drug-likeness (QED) is 0.695. The minimum atomic E-state index is -4.06. The van der Waals surface area contributed by atoms with Crippen LogP contribution in [0, 0.1) is 11.8 Å². The Labute approximate surface area is 108 Å². The summed E-state index contributed by atoms with van der Waals surface area (Å²) in [5.41, 5.74) is 6.02. The van der Waals surface area contributed by atoms with Crippen LogP contribution in [0.25, 0.3) is 0 Å². The Kier molecular flexibility index (Phi) is 6.47. The molecular weight excluding hydrogens is 239 g/mol. The van der Waals surface area contributed by atoms with Gasteiger partial charge in [0.2, 0.25) is 0 Å². The SMILES string of the molecule is CCCCCCC(N)C1CCCCC1C(F)(F)F. The molecule has 0 heterocycles. The van der Waals surface area contributed by atoms with Gasteiger partial charge in [0.1, 0.15) is 0 Å². The molecule has 1 aliphatic carbocycles. The summed E-state index contributed by atoms with van der Waals surface area (Å²) in [4.78, 5) is 0. The Morgan fingerprint density at radius 2 is 1.78 bits per heavy atom. The maximum Gasteiger partial charge on any atom is 0.392 e. The third-order valence-electron chi connectivity index (χ3n) is 4.18. The first-order valence-corrected chi connectivity index (χ1v) is 7.29. The number of nitrogens with two attached hydrogens (primary N) is 1. The lowest BCUT2D eigenvalue weighted by molar-refractivity contribution is -0.198. The fraction of sp³-hybridized carbons (Fsp3) is 1.00. The van der Waals surface area contributed by atoms with Crippen LogP contribution in [0.5, 0.6) is 0 Å². The molecule has 0 aromatic heterocycles. The lowest BCUT2D eigenvalue weighted by Crippen LogP contribution is -2.43. The van der Waals surface area contributed by atoms with Crippen LogP contribution in [-0.2, 0) is 0 Å². The first-order chi connectivity index (χ1) is 8.46. The van der Waals surface area contributed by atoms with Crippen LogP contribution in [0.15, 0.2) is 0 Å². The van der Waals surface area contributed by atoms with Crippen molar-refractivity contribution in [3.05, 3.63) is 0 Å². The molecule has 1 rings (SSSR count). The normalized spacial score (nSPS) is 27.2. The number of alkyl halides is 3. The lowest BCUT2D eigenvalue weighted by atomic mass is 9.74. The zero-order valence-corrected chi connectivity index (χ0v) is 11.3. The molecule has 18 heavy (non-hydrogen) atoms. The van der Waals surface area contributed by atoms with E-state index in [1.807, 2.05) is 0 Å². The van der Waals surface area contributed by atoms with Crippen molar-refractivity contribution >= 4 is 0 Å². The molecule has 3 atom stereocenters. The highest BCUT2D eigenvalue weighted by atomic mass is 19.4. The van der Waals surface area contributed by atoms with Gasteiger partial charge in [0.15, 0.2) is 0 Å². The molecule has 108 valence electrons. The molecule has 1 fully saturated rings. The van der Waals surface area contributed by atoms with Crippen LogP contribution < -0.4 is 5.73 Å². The van der Waals surface area contributed by atoms with Crippen LogP contribution in [0.1, 0.15) is 64.7 Å². The Morgan fingerprint density at radius 3 is 2.39 bits per heavy atom. The summed E-state index contributed by atoms with van der Waals surface area (Å²) in [6.07, 6.45) is 3.57. The van der Waals surface area contributed by atoms with E-state index in [0.29, 0.717) is 12.8 Å². The average molecular weight is 265 g/mol. The van der Waals surface area contributed by atoms with E-state index in [0.717, 1.165) is 38.5 Å². The predicted molar refractivity (Wildman–Crippen MR) is 68.2 cm³/mol.